The van der Waals surface area contributed by atoms with Gasteiger partial charge in [-0.25, -0.2) is 0 Å². The van der Waals surface area contributed by atoms with Crippen molar-refractivity contribution in [3.63, 3.8) is 0 Å². The summed E-state index contributed by atoms with van der Waals surface area (Å²) in [6.45, 7) is 0.568. The highest BCUT2D eigenvalue weighted by Gasteiger charge is 2.53. The maximum atomic E-state index is 13.3. The minimum atomic E-state index is -0.391. The first-order chi connectivity index (χ1) is 11.0. The Hall–Kier alpha value is -1.91. The van der Waals surface area contributed by atoms with Gasteiger partial charge in [-0.1, -0.05) is 18.9 Å². The molecule has 1 saturated heterocycles. The molecule has 0 bridgehead atoms. The topological polar surface area (TPSA) is 53.5 Å². The minimum Gasteiger partial charge on any atom is -0.342 e. The zero-order valence-corrected chi connectivity index (χ0v) is 14.0. The highest BCUT2D eigenvalue weighted by molar-refractivity contribution is 5.87. The fourth-order valence-electron chi connectivity index (χ4n) is 4.33. The van der Waals surface area contributed by atoms with Crippen LogP contribution in [0.15, 0.2) is 24.5 Å². The summed E-state index contributed by atoms with van der Waals surface area (Å²) >= 11 is 0. The van der Waals surface area contributed by atoms with Crippen LogP contribution in [-0.2, 0) is 16.1 Å². The fourth-order valence-corrected chi connectivity index (χ4v) is 4.33. The van der Waals surface area contributed by atoms with E-state index in [0.29, 0.717) is 19.4 Å². The lowest BCUT2D eigenvalue weighted by molar-refractivity contribution is -0.159. The number of likely N-dealkylation sites (tertiary alicyclic amines) is 1. The Balaban J connectivity index is 1.82. The molecule has 0 unspecified atom stereocenters. The second-order valence-electron chi connectivity index (χ2n) is 6.94. The highest BCUT2D eigenvalue weighted by atomic mass is 16.2. The second-order valence-corrected chi connectivity index (χ2v) is 6.94. The van der Waals surface area contributed by atoms with E-state index >= 15 is 0 Å². The second kappa shape index (κ2) is 6.30. The molecule has 124 valence electrons. The van der Waals surface area contributed by atoms with Crippen LogP contribution in [-0.4, -0.2) is 46.7 Å². The largest absolute Gasteiger partial charge is 0.342 e. The van der Waals surface area contributed by atoms with Gasteiger partial charge in [0.2, 0.25) is 11.8 Å². The van der Waals surface area contributed by atoms with Crippen molar-refractivity contribution in [1.29, 1.82) is 0 Å². The number of hydrogen-bond acceptors (Lipinski definition) is 3. The first-order valence-electron chi connectivity index (χ1n) is 8.45. The normalized spacial score (nSPS) is 27.5. The van der Waals surface area contributed by atoms with Gasteiger partial charge in [-0.2, -0.15) is 0 Å². The van der Waals surface area contributed by atoms with Crippen molar-refractivity contribution in [1.82, 2.24) is 14.8 Å². The molecular weight excluding hydrogens is 290 g/mol. The zero-order chi connectivity index (χ0) is 16.4. The lowest BCUT2D eigenvalue weighted by Crippen LogP contribution is -2.60. The SMILES string of the molecule is CN(Cc1cccnc1)C(=O)[C@@]12CCCC[C@H]1N(C)C(=O)CC2. The van der Waals surface area contributed by atoms with E-state index in [4.69, 9.17) is 0 Å². The van der Waals surface area contributed by atoms with Crippen LogP contribution >= 0.6 is 0 Å². The van der Waals surface area contributed by atoms with Crippen molar-refractivity contribution in [2.45, 2.75) is 51.1 Å². The summed E-state index contributed by atoms with van der Waals surface area (Å²) in [7, 11) is 3.73. The van der Waals surface area contributed by atoms with Crippen LogP contribution in [0.4, 0.5) is 0 Å². The van der Waals surface area contributed by atoms with Crippen molar-refractivity contribution in [2.75, 3.05) is 14.1 Å². The minimum absolute atomic E-state index is 0.0568. The van der Waals surface area contributed by atoms with Gasteiger partial charge in [0.1, 0.15) is 0 Å². The molecule has 3 rings (SSSR count). The monoisotopic (exact) mass is 315 g/mol. The van der Waals surface area contributed by atoms with Crippen LogP contribution in [0.5, 0.6) is 0 Å². The molecule has 0 aromatic carbocycles. The van der Waals surface area contributed by atoms with Gasteiger partial charge >= 0.3 is 0 Å². The maximum Gasteiger partial charge on any atom is 0.230 e. The molecule has 1 aromatic rings. The highest BCUT2D eigenvalue weighted by Crippen LogP contribution is 2.47. The van der Waals surface area contributed by atoms with Crippen LogP contribution in [0.3, 0.4) is 0 Å². The summed E-state index contributed by atoms with van der Waals surface area (Å²) in [6.07, 6.45) is 8.73. The number of nitrogens with zero attached hydrogens (tertiary/aromatic N) is 3. The quantitative estimate of drug-likeness (QED) is 0.859. The average Bonchev–Trinajstić information content (AvgIpc) is 2.58. The van der Waals surface area contributed by atoms with Gasteiger partial charge in [-0.15, -0.1) is 0 Å². The number of amides is 2. The molecule has 23 heavy (non-hydrogen) atoms. The maximum absolute atomic E-state index is 13.3. The summed E-state index contributed by atoms with van der Waals surface area (Å²) in [4.78, 5) is 33.1. The first-order valence-corrected chi connectivity index (χ1v) is 8.45. The van der Waals surface area contributed by atoms with E-state index in [1.165, 1.54) is 0 Å². The third-order valence-electron chi connectivity index (χ3n) is 5.55. The van der Waals surface area contributed by atoms with Gasteiger partial charge in [0.25, 0.3) is 0 Å². The molecule has 2 amide bonds. The summed E-state index contributed by atoms with van der Waals surface area (Å²) in [5.74, 6) is 0.362. The van der Waals surface area contributed by atoms with Crippen molar-refractivity contribution in [3.8, 4) is 0 Å². The Bertz CT molecular complexity index is 589. The third-order valence-corrected chi connectivity index (χ3v) is 5.55. The van der Waals surface area contributed by atoms with E-state index in [-0.39, 0.29) is 17.9 Å². The van der Waals surface area contributed by atoms with Gasteiger partial charge in [0, 0.05) is 45.5 Å². The molecular formula is C18H25N3O2. The predicted molar refractivity (Wildman–Crippen MR) is 87.4 cm³/mol. The molecule has 1 aliphatic heterocycles. The Kier molecular flexibility index (Phi) is 4.37. The molecule has 0 radical (unpaired) electrons. The Morgan fingerprint density at radius 2 is 2.26 bits per heavy atom. The molecule has 1 saturated carbocycles. The van der Waals surface area contributed by atoms with Crippen molar-refractivity contribution >= 4 is 11.8 Å². The summed E-state index contributed by atoms with van der Waals surface area (Å²) in [5.41, 5.74) is 0.644. The van der Waals surface area contributed by atoms with E-state index in [1.807, 2.05) is 36.0 Å². The van der Waals surface area contributed by atoms with Crippen LogP contribution < -0.4 is 0 Å². The number of pyridine rings is 1. The van der Waals surface area contributed by atoms with Crippen molar-refractivity contribution < 1.29 is 9.59 Å². The lowest BCUT2D eigenvalue weighted by atomic mass is 9.64. The number of rotatable bonds is 3. The van der Waals surface area contributed by atoms with E-state index in [0.717, 1.165) is 31.2 Å². The molecule has 5 heteroatoms. The van der Waals surface area contributed by atoms with Gasteiger partial charge in [-0.3, -0.25) is 14.6 Å². The predicted octanol–water partition coefficient (Wildman–Crippen LogP) is 2.22. The van der Waals surface area contributed by atoms with Crippen molar-refractivity contribution in [2.24, 2.45) is 5.41 Å². The number of hydrogen-bond donors (Lipinski definition) is 0. The van der Waals surface area contributed by atoms with E-state index in [1.54, 1.807) is 12.4 Å². The molecule has 0 N–H and O–H groups in total. The molecule has 0 spiro atoms. The summed E-state index contributed by atoms with van der Waals surface area (Å²) < 4.78 is 0. The Morgan fingerprint density at radius 1 is 1.43 bits per heavy atom. The summed E-state index contributed by atoms with van der Waals surface area (Å²) in [5, 5.41) is 0. The number of fused-ring (bicyclic) bond motifs is 1. The standard InChI is InChI=1S/C18H25N3O2/c1-20(13-14-6-5-11-19-12-14)17(23)18-9-4-3-7-15(18)21(2)16(22)8-10-18/h5-6,11-12,15H,3-4,7-10,13H2,1-2H3/t15-,18-/m1/s1. The lowest BCUT2D eigenvalue weighted by Gasteiger charge is -2.51. The molecule has 5 nitrogen and oxygen atoms in total. The first kappa shape index (κ1) is 16.0. The molecule has 1 aliphatic carbocycles. The van der Waals surface area contributed by atoms with E-state index in [9.17, 15) is 9.59 Å². The van der Waals surface area contributed by atoms with Gasteiger partial charge < -0.3 is 9.80 Å². The zero-order valence-electron chi connectivity index (χ0n) is 14.0. The Morgan fingerprint density at radius 3 is 3.00 bits per heavy atom. The van der Waals surface area contributed by atoms with E-state index in [2.05, 4.69) is 4.98 Å². The molecule has 2 atom stereocenters. The van der Waals surface area contributed by atoms with Crippen molar-refractivity contribution in [3.05, 3.63) is 30.1 Å². The smallest absolute Gasteiger partial charge is 0.230 e. The average molecular weight is 315 g/mol. The van der Waals surface area contributed by atoms with Gasteiger partial charge in [0.15, 0.2) is 0 Å². The van der Waals surface area contributed by atoms with Crippen LogP contribution in [0, 0.1) is 5.41 Å². The molecule has 2 fully saturated rings. The van der Waals surface area contributed by atoms with Gasteiger partial charge in [0.05, 0.1) is 5.41 Å². The number of carbonyl (C=O) groups is 2. The van der Waals surface area contributed by atoms with E-state index < -0.39 is 5.41 Å². The fraction of sp³-hybridized carbons (Fsp3) is 0.611. The van der Waals surface area contributed by atoms with Gasteiger partial charge in [-0.05, 0) is 30.9 Å². The summed E-state index contributed by atoms with van der Waals surface area (Å²) in [6, 6.07) is 3.94. The number of piperidine rings is 1. The molecule has 1 aromatic heterocycles. The van der Waals surface area contributed by atoms with Crippen LogP contribution in [0.1, 0.15) is 44.1 Å². The molecule has 2 heterocycles. The number of aromatic nitrogens is 1. The Labute approximate surface area is 137 Å². The van der Waals surface area contributed by atoms with Crippen LogP contribution in [0.2, 0.25) is 0 Å². The molecule has 2 aliphatic rings. The number of carbonyl (C=O) groups excluding carboxylic acids is 2. The van der Waals surface area contributed by atoms with Crippen LogP contribution in [0.25, 0.3) is 0 Å². The third kappa shape index (κ3) is 2.84.